The van der Waals surface area contributed by atoms with Gasteiger partial charge in [-0.05, 0) is 13.3 Å². The molecule has 0 bridgehead atoms. The smallest absolute Gasteiger partial charge is 0.325 e. The van der Waals surface area contributed by atoms with Crippen molar-refractivity contribution in [2.24, 2.45) is 0 Å². The summed E-state index contributed by atoms with van der Waals surface area (Å²) in [5, 5.41) is 11.2. The largest absolute Gasteiger partial charge is 0.480 e. The molecule has 0 aliphatic carbocycles. The first-order valence-corrected chi connectivity index (χ1v) is 8.60. The molecule has 125 valence electrons. The van der Waals surface area contributed by atoms with Crippen LogP contribution in [-0.4, -0.2) is 74.4 Å². The first-order valence-electron chi connectivity index (χ1n) is 8.60. The second-order valence-corrected chi connectivity index (χ2v) is 5.91. The number of hydrogen-bond acceptors (Lipinski definition) is 2. The van der Waals surface area contributed by atoms with Gasteiger partial charge < -0.3 is 10.4 Å². The fraction of sp³-hybridized carbons (Fsp3) is 0.882. The van der Waals surface area contributed by atoms with Crippen LogP contribution in [0.2, 0.25) is 0 Å². The zero-order valence-corrected chi connectivity index (χ0v) is 17.9. The van der Waals surface area contributed by atoms with Gasteiger partial charge in [0.05, 0.1) is 0 Å². The SMILES string of the molecule is CCCCCCCCCCCCCC(=O)NC(C)C(=O)O.[K]. The Labute approximate surface area is 178 Å². The third kappa shape index (κ3) is 16.9. The number of aliphatic carboxylic acids is 1. The van der Waals surface area contributed by atoms with Gasteiger partial charge in [-0.2, -0.15) is 0 Å². The van der Waals surface area contributed by atoms with Crippen LogP contribution in [0, 0.1) is 0 Å². The number of rotatable bonds is 14. The molecule has 0 fully saturated rings. The van der Waals surface area contributed by atoms with Gasteiger partial charge in [-0.3, -0.25) is 9.59 Å². The van der Waals surface area contributed by atoms with E-state index in [9.17, 15) is 9.59 Å². The quantitative estimate of drug-likeness (QED) is 0.373. The summed E-state index contributed by atoms with van der Waals surface area (Å²) in [5.74, 6) is -1.14. The molecular formula is C17H33KNO3. The van der Waals surface area contributed by atoms with E-state index in [1.807, 2.05) is 0 Å². The fourth-order valence-corrected chi connectivity index (χ4v) is 2.33. The van der Waals surface area contributed by atoms with Gasteiger partial charge in [-0.15, -0.1) is 0 Å². The molecule has 0 aromatic rings. The molecule has 0 aromatic carbocycles. The molecule has 22 heavy (non-hydrogen) atoms. The number of carbonyl (C=O) groups excluding carboxylic acids is 1. The van der Waals surface area contributed by atoms with Crippen LogP contribution in [0.4, 0.5) is 0 Å². The third-order valence-corrected chi connectivity index (χ3v) is 3.76. The van der Waals surface area contributed by atoms with E-state index in [-0.39, 0.29) is 57.3 Å². The van der Waals surface area contributed by atoms with Gasteiger partial charge >= 0.3 is 5.97 Å². The van der Waals surface area contributed by atoms with Crippen molar-refractivity contribution >= 4 is 63.3 Å². The van der Waals surface area contributed by atoms with Crippen LogP contribution in [0.5, 0.6) is 0 Å². The van der Waals surface area contributed by atoms with Crippen molar-refractivity contribution in [3.63, 3.8) is 0 Å². The molecule has 0 saturated carbocycles. The van der Waals surface area contributed by atoms with Gasteiger partial charge in [-0.1, -0.05) is 71.1 Å². The summed E-state index contributed by atoms with van der Waals surface area (Å²) in [5.41, 5.74) is 0. The second kappa shape index (κ2) is 17.9. The van der Waals surface area contributed by atoms with Gasteiger partial charge in [0.2, 0.25) is 5.91 Å². The minimum Gasteiger partial charge on any atom is -0.480 e. The average molecular weight is 339 g/mol. The van der Waals surface area contributed by atoms with Crippen LogP contribution in [0.1, 0.15) is 90.9 Å². The summed E-state index contributed by atoms with van der Waals surface area (Å²) in [4.78, 5) is 22.0. The Morgan fingerprint density at radius 3 is 1.68 bits per heavy atom. The van der Waals surface area contributed by atoms with Crippen molar-refractivity contribution in [2.75, 3.05) is 0 Å². The van der Waals surface area contributed by atoms with E-state index in [1.54, 1.807) is 0 Å². The number of carboxylic acid groups (broad SMARTS) is 1. The Balaban J connectivity index is 0. The van der Waals surface area contributed by atoms with Crippen molar-refractivity contribution < 1.29 is 14.7 Å². The summed E-state index contributed by atoms with van der Waals surface area (Å²) in [7, 11) is 0. The molecule has 0 aromatic heterocycles. The molecule has 0 heterocycles. The maximum Gasteiger partial charge on any atom is 0.325 e. The van der Waals surface area contributed by atoms with Crippen LogP contribution in [0.25, 0.3) is 0 Å². The van der Waals surface area contributed by atoms with E-state index in [2.05, 4.69) is 12.2 Å². The molecule has 1 atom stereocenters. The Hall–Kier alpha value is 0.576. The normalized spacial score (nSPS) is 11.5. The predicted molar refractivity (Wildman–Crippen MR) is 92.1 cm³/mol. The summed E-state index contributed by atoms with van der Waals surface area (Å²) in [6.45, 7) is 3.73. The number of hydrogen-bond donors (Lipinski definition) is 2. The summed E-state index contributed by atoms with van der Waals surface area (Å²) < 4.78 is 0. The van der Waals surface area contributed by atoms with E-state index >= 15 is 0 Å². The van der Waals surface area contributed by atoms with Crippen molar-refractivity contribution in [1.29, 1.82) is 0 Å². The Morgan fingerprint density at radius 1 is 0.864 bits per heavy atom. The Bertz CT molecular complexity index is 285. The van der Waals surface area contributed by atoms with Gasteiger partial charge in [0, 0.05) is 57.8 Å². The van der Waals surface area contributed by atoms with Crippen LogP contribution < -0.4 is 5.32 Å². The summed E-state index contributed by atoms with van der Waals surface area (Å²) in [6, 6.07) is -0.787. The first-order chi connectivity index (χ1) is 10.1. The molecule has 1 radical (unpaired) electrons. The Morgan fingerprint density at radius 2 is 1.27 bits per heavy atom. The number of unbranched alkanes of at least 4 members (excludes halogenated alkanes) is 10. The number of amides is 1. The first kappa shape index (κ1) is 24.8. The van der Waals surface area contributed by atoms with Crippen LogP contribution in [0.15, 0.2) is 0 Å². The van der Waals surface area contributed by atoms with Crippen LogP contribution >= 0.6 is 0 Å². The Kier molecular flexibility index (Phi) is 20.2. The predicted octanol–water partition coefficient (Wildman–Crippen LogP) is 3.90. The molecule has 2 N–H and O–H groups in total. The van der Waals surface area contributed by atoms with Crippen LogP contribution in [-0.2, 0) is 9.59 Å². The molecular weight excluding hydrogens is 305 g/mol. The molecule has 0 saturated heterocycles. The van der Waals surface area contributed by atoms with Gasteiger partial charge in [0.15, 0.2) is 0 Å². The zero-order valence-electron chi connectivity index (χ0n) is 14.8. The molecule has 0 aliphatic heterocycles. The van der Waals surface area contributed by atoms with Crippen molar-refractivity contribution in [3.05, 3.63) is 0 Å². The van der Waals surface area contributed by atoms with E-state index in [4.69, 9.17) is 5.11 Å². The third-order valence-electron chi connectivity index (χ3n) is 3.76. The zero-order chi connectivity index (χ0) is 15.9. The molecule has 0 spiro atoms. The van der Waals surface area contributed by atoms with E-state index in [0.717, 1.165) is 12.8 Å². The van der Waals surface area contributed by atoms with E-state index in [1.165, 1.54) is 64.7 Å². The van der Waals surface area contributed by atoms with E-state index in [0.29, 0.717) is 6.42 Å². The van der Waals surface area contributed by atoms with Crippen LogP contribution in [0.3, 0.4) is 0 Å². The molecule has 4 nitrogen and oxygen atoms in total. The topological polar surface area (TPSA) is 66.4 Å². The second-order valence-electron chi connectivity index (χ2n) is 5.91. The van der Waals surface area contributed by atoms with Gasteiger partial charge in [0.1, 0.15) is 6.04 Å². The van der Waals surface area contributed by atoms with Gasteiger partial charge in [0.25, 0.3) is 0 Å². The fourth-order valence-electron chi connectivity index (χ4n) is 2.33. The monoisotopic (exact) mass is 338 g/mol. The standard InChI is InChI=1S/C17H33NO3.K/c1-3-4-5-6-7-8-9-10-11-12-13-14-16(19)18-15(2)17(20)21;/h15H,3-14H2,1-2H3,(H,18,19)(H,20,21);. The number of nitrogens with one attached hydrogen (secondary N) is 1. The molecule has 5 heteroatoms. The maximum atomic E-state index is 11.4. The minimum atomic E-state index is -0.984. The van der Waals surface area contributed by atoms with Crippen molar-refractivity contribution in [1.82, 2.24) is 5.32 Å². The van der Waals surface area contributed by atoms with Crippen molar-refractivity contribution in [2.45, 2.75) is 96.9 Å². The molecule has 1 unspecified atom stereocenters. The molecule has 0 aliphatic rings. The summed E-state index contributed by atoms with van der Waals surface area (Å²) >= 11 is 0. The minimum absolute atomic E-state index is 0. The van der Waals surface area contributed by atoms with Crippen molar-refractivity contribution in [3.8, 4) is 0 Å². The number of carboxylic acids is 1. The molecule has 1 amide bonds. The number of carbonyl (C=O) groups is 2. The average Bonchev–Trinajstić information content (AvgIpc) is 2.44. The van der Waals surface area contributed by atoms with Gasteiger partial charge in [-0.25, -0.2) is 0 Å². The molecule has 0 rings (SSSR count). The summed E-state index contributed by atoms with van der Waals surface area (Å²) in [6.07, 6.45) is 14.2. The van der Waals surface area contributed by atoms with E-state index < -0.39 is 12.0 Å². The maximum absolute atomic E-state index is 11.4.